The second-order valence-corrected chi connectivity index (χ2v) is 12.1. The summed E-state index contributed by atoms with van der Waals surface area (Å²) in [6.07, 6.45) is -3.35. The summed E-state index contributed by atoms with van der Waals surface area (Å²) in [5, 5.41) is 5.65. The van der Waals surface area contributed by atoms with E-state index in [9.17, 15) is 18.4 Å². The fourth-order valence-corrected chi connectivity index (χ4v) is 6.41. The van der Waals surface area contributed by atoms with Crippen LogP contribution in [-0.2, 0) is 20.7 Å². The number of hydrogen-bond donors (Lipinski definition) is 2. The van der Waals surface area contributed by atoms with Crippen molar-refractivity contribution in [1.29, 1.82) is 0 Å². The molecule has 0 spiro atoms. The van der Waals surface area contributed by atoms with Gasteiger partial charge in [0.1, 0.15) is 24.8 Å². The van der Waals surface area contributed by atoms with Gasteiger partial charge in [-0.3, -0.25) is 4.79 Å². The van der Waals surface area contributed by atoms with Gasteiger partial charge in [0, 0.05) is 23.0 Å². The van der Waals surface area contributed by atoms with Crippen LogP contribution in [0.1, 0.15) is 22.6 Å². The first-order valence-corrected chi connectivity index (χ1v) is 15.6. The first-order valence-electron chi connectivity index (χ1n) is 14.8. The van der Waals surface area contributed by atoms with Crippen LogP contribution in [-0.4, -0.2) is 56.9 Å². The number of alkyl carbamates (subject to hydrolysis) is 1. The van der Waals surface area contributed by atoms with E-state index >= 15 is 4.39 Å². The van der Waals surface area contributed by atoms with E-state index < -0.39 is 36.4 Å². The van der Waals surface area contributed by atoms with Crippen molar-refractivity contribution in [3.63, 3.8) is 0 Å². The largest absolute Gasteiger partial charge is 0.485 e. The third kappa shape index (κ3) is 6.90. The van der Waals surface area contributed by atoms with Crippen LogP contribution < -0.4 is 15.4 Å². The number of amides is 2. The Labute approximate surface area is 278 Å². The Morgan fingerprint density at radius 2 is 1.62 bits per heavy atom. The molecule has 0 saturated carbocycles. The zero-order valence-electron chi connectivity index (χ0n) is 24.8. The molecule has 244 valence electrons. The summed E-state index contributed by atoms with van der Waals surface area (Å²) in [5.41, 5.74) is 3.89. The SMILES string of the molecule is O=C(NC1(C(=O)NCCc2ccc(-c3cc(Cl)cc(Cl)c3OCC(F)F)cc2F)COC1)OCC1c2ccccc2-c2ccccc21. The van der Waals surface area contributed by atoms with Gasteiger partial charge in [-0.2, -0.15) is 0 Å². The van der Waals surface area contributed by atoms with E-state index in [0.717, 1.165) is 22.3 Å². The molecule has 4 aromatic carbocycles. The Hall–Kier alpha value is -4.25. The van der Waals surface area contributed by atoms with E-state index in [1.165, 1.54) is 24.3 Å². The van der Waals surface area contributed by atoms with Crippen molar-refractivity contribution in [2.45, 2.75) is 24.3 Å². The third-order valence-corrected chi connectivity index (χ3v) is 8.72. The fourth-order valence-electron chi connectivity index (χ4n) is 5.86. The van der Waals surface area contributed by atoms with Crippen molar-refractivity contribution < 1.29 is 37.0 Å². The van der Waals surface area contributed by atoms with Gasteiger partial charge in [-0.05, 0) is 58.0 Å². The molecule has 47 heavy (non-hydrogen) atoms. The summed E-state index contributed by atoms with van der Waals surface area (Å²) in [4.78, 5) is 26.0. The molecule has 6 rings (SSSR count). The predicted octanol–water partition coefficient (Wildman–Crippen LogP) is 7.41. The highest BCUT2D eigenvalue weighted by molar-refractivity contribution is 6.36. The van der Waals surface area contributed by atoms with Crippen LogP contribution >= 0.6 is 23.2 Å². The topological polar surface area (TPSA) is 85.9 Å². The number of hydrogen-bond acceptors (Lipinski definition) is 5. The minimum atomic E-state index is -2.73. The average Bonchev–Trinajstić information content (AvgIpc) is 3.35. The standard InChI is InChI=1S/C35H29Cl2F3N2O5/c36-22-14-27(32(29(37)15-22)46-17-31(39)40)21-10-9-20(30(38)13-21)11-12-41-33(43)35(18-45-19-35)42-34(44)47-16-28-25-7-3-1-5-23(25)24-6-2-4-8-26(24)28/h1-10,13-15,28,31H,11-12,16-19H2,(H,41,43)(H,42,44). The molecule has 4 aromatic rings. The molecule has 12 heteroatoms. The van der Waals surface area contributed by atoms with E-state index in [4.69, 9.17) is 37.4 Å². The lowest BCUT2D eigenvalue weighted by atomic mass is 9.96. The highest BCUT2D eigenvalue weighted by atomic mass is 35.5. The minimum Gasteiger partial charge on any atom is -0.485 e. The highest BCUT2D eigenvalue weighted by Crippen LogP contribution is 2.44. The van der Waals surface area contributed by atoms with Gasteiger partial charge in [-0.25, -0.2) is 18.0 Å². The summed E-state index contributed by atoms with van der Waals surface area (Å²) in [7, 11) is 0. The fraction of sp³-hybridized carbons (Fsp3) is 0.257. The number of halogens is 5. The van der Waals surface area contributed by atoms with Gasteiger partial charge in [0.2, 0.25) is 0 Å². The Bertz CT molecular complexity index is 1770. The number of fused-ring (bicyclic) bond motifs is 3. The lowest BCUT2D eigenvalue weighted by molar-refractivity contribution is -0.147. The molecular weight excluding hydrogens is 656 g/mol. The van der Waals surface area contributed by atoms with Crippen molar-refractivity contribution >= 4 is 35.2 Å². The summed E-state index contributed by atoms with van der Waals surface area (Å²) in [6, 6.07) is 23.1. The molecule has 1 aliphatic carbocycles. The maximum Gasteiger partial charge on any atom is 0.408 e. The quantitative estimate of drug-likeness (QED) is 0.172. The first kappa shape index (κ1) is 32.7. The molecule has 1 heterocycles. The molecule has 0 aromatic heterocycles. The number of ether oxygens (including phenoxy) is 3. The molecular formula is C35H29Cl2F3N2O5. The van der Waals surface area contributed by atoms with Crippen LogP contribution in [0.2, 0.25) is 10.0 Å². The van der Waals surface area contributed by atoms with Crippen molar-refractivity contribution in [3.8, 4) is 28.0 Å². The molecule has 2 N–H and O–H groups in total. The van der Waals surface area contributed by atoms with Gasteiger partial charge < -0.3 is 24.8 Å². The summed E-state index contributed by atoms with van der Waals surface area (Å²) >= 11 is 12.3. The van der Waals surface area contributed by atoms with Gasteiger partial charge in [-0.1, -0.05) is 83.9 Å². The zero-order chi connectivity index (χ0) is 33.1. The highest BCUT2D eigenvalue weighted by Gasteiger charge is 2.48. The first-order chi connectivity index (χ1) is 22.6. The second kappa shape index (κ2) is 13.9. The van der Waals surface area contributed by atoms with E-state index in [-0.39, 0.29) is 60.1 Å². The lowest BCUT2D eigenvalue weighted by Crippen LogP contribution is -2.70. The van der Waals surface area contributed by atoms with Crippen LogP contribution in [0.3, 0.4) is 0 Å². The van der Waals surface area contributed by atoms with Crippen molar-refractivity contribution in [2.75, 3.05) is 33.0 Å². The maximum absolute atomic E-state index is 15.2. The third-order valence-electron chi connectivity index (χ3n) is 8.22. The van der Waals surface area contributed by atoms with E-state index in [1.54, 1.807) is 6.07 Å². The average molecular weight is 686 g/mol. The number of rotatable bonds is 11. The molecule has 0 bridgehead atoms. The molecule has 7 nitrogen and oxygen atoms in total. The molecule has 0 radical (unpaired) electrons. The number of benzene rings is 4. The minimum absolute atomic E-state index is 0.0148. The maximum atomic E-state index is 15.2. The monoisotopic (exact) mass is 684 g/mol. The van der Waals surface area contributed by atoms with Crippen molar-refractivity contribution in [2.24, 2.45) is 0 Å². The Morgan fingerprint density at radius 1 is 0.936 bits per heavy atom. The molecule has 0 unspecified atom stereocenters. The van der Waals surface area contributed by atoms with Gasteiger partial charge in [0.15, 0.2) is 5.54 Å². The number of alkyl halides is 2. The van der Waals surface area contributed by atoms with Gasteiger partial charge in [0.05, 0.1) is 18.2 Å². The Kier molecular flexibility index (Phi) is 9.63. The van der Waals surface area contributed by atoms with Crippen LogP contribution in [0, 0.1) is 5.82 Å². The molecule has 1 fully saturated rings. The van der Waals surface area contributed by atoms with Crippen LogP contribution in [0.4, 0.5) is 18.0 Å². The Balaban J connectivity index is 1.05. The van der Waals surface area contributed by atoms with E-state index in [1.807, 2.05) is 48.5 Å². The van der Waals surface area contributed by atoms with Crippen LogP contribution in [0.5, 0.6) is 5.75 Å². The van der Waals surface area contributed by atoms with E-state index in [2.05, 4.69) is 10.6 Å². The van der Waals surface area contributed by atoms with E-state index in [0.29, 0.717) is 11.1 Å². The molecule has 2 amide bonds. The zero-order valence-corrected chi connectivity index (χ0v) is 26.3. The van der Waals surface area contributed by atoms with Crippen LogP contribution in [0.25, 0.3) is 22.3 Å². The van der Waals surface area contributed by atoms with Crippen molar-refractivity contribution in [1.82, 2.24) is 10.6 Å². The molecule has 1 saturated heterocycles. The van der Waals surface area contributed by atoms with Gasteiger partial charge in [-0.15, -0.1) is 0 Å². The summed E-state index contributed by atoms with van der Waals surface area (Å²) in [6.45, 7) is -0.810. The van der Waals surface area contributed by atoms with Gasteiger partial charge in [0.25, 0.3) is 12.3 Å². The van der Waals surface area contributed by atoms with Crippen molar-refractivity contribution in [3.05, 3.63) is 111 Å². The number of carbonyl (C=O) groups is 2. The lowest BCUT2D eigenvalue weighted by Gasteiger charge is -2.39. The number of nitrogens with one attached hydrogen (secondary N) is 2. The Morgan fingerprint density at radius 3 is 2.23 bits per heavy atom. The molecule has 0 atom stereocenters. The predicted molar refractivity (Wildman–Crippen MR) is 172 cm³/mol. The van der Waals surface area contributed by atoms with Gasteiger partial charge >= 0.3 is 6.09 Å². The normalized spacial score (nSPS) is 14.6. The smallest absolute Gasteiger partial charge is 0.408 e. The number of carbonyl (C=O) groups excluding carboxylic acids is 2. The second-order valence-electron chi connectivity index (χ2n) is 11.3. The molecule has 1 aliphatic heterocycles. The van der Waals surface area contributed by atoms with Crippen LogP contribution in [0.15, 0.2) is 78.9 Å². The summed E-state index contributed by atoms with van der Waals surface area (Å²) in [5.74, 6) is -1.24. The molecule has 2 aliphatic rings. The summed E-state index contributed by atoms with van der Waals surface area (Å²) < 4.78 is 56.8.